The van der Waals surface area contributed by atoms with E-state index in [2.05, 4.69) is 0 Å². The summed E-state index contributed by atoms with van der Waals surface area (Å²) >= 11 is 0. The largest absolute Gasteiger partial charge is 0.508 e. The van der Waals surface area contributed by atoms with Crippen LogP contribution in [0.4, 0.5) is 0 Å². The molecule has 1 fully saturated rings. The molecule has 6 heteroatoms. The van der Waals surface area contributed by atoms with Crippen LogP contribution in [-0.4, -0.2) is 40.4 Å². The Bertz CT molecular complexity index is 690. The van der Waals surface area contributed by atoms with E-state index in [1.54, 1.807) is 24.0 Å². The molecule has 1 aliphatic carbocycles. The predicted molar refractivity (Wildman–Crippen MR) is 115 cm³/mol. The molecule has 2 atom stereocenters. The van der Waals surface area contributed by atoms with E-state index in [-0.39, 0.29) is 11.7 Å². The number of aromatic hydroxyl groups is 1. The van der Waals surface area contributed by atoms with Gasteiger partial charge in [0.2, 0.25) is 11.8 Å². The Morgan fingerprint density at radius 2 is 1.76 bits per heavy atom. The maximum atomic E-state index is 13.1. The van der Waals surface area contributed by atoms with Gasteiger partial charge < -0.3 is 21.5 Å². The second-order valence-corrected chi connectivity index (χ2v) is 8.62. The minimum atomic E-state index is -0.756. The Morgan fingerprint density at radius 1 is 1.17 bits per heavy atom. The van der Waals surface area contributed by atoms with Gasteiger partial charge in [-0.3, -0.25) is 9.59 Å². The summed E-state index contributed by atoms with van der Waals surface area (Å²) in [5.74, 6) is 0.169. The second-order valence-electron chi connectivity index (χ2n) is 8.62. The first-order chi connectivity index (χ1) is 13.7. The maximum absolute atomic E-state index is 13.1. The maximum Gasteiger partial charge on any atom is 0.240 e. The minimum Gasteiger partial charge on any atom is -0.508 e. The third kappa shape index (κ3) is 6.46. The highest BCUT2D eigenvalue weighted by Crippen LogP contribution is 2.27. The number of primary amides is 1. The summed E-state index contributed by atoms with van der Waals surface area (Å²) in [4.78, 5) is 26.5. The Balaban J connectivity index is 2.04. The normalized spacial score (nSPS) is 17.0. The van der Waals surface area contributed by atoms with Gasteiger partial charge in [-0.2, -0.15) is 0 Å². The summed E-state index contributed by atoms with van der Waals surface area (Å²) in [6, 6.07) is 1.91. The molecule has 1 aliphatic rings. The van der Waals surface area contributed by atoms with E-state index in [1.807, 2.05) is 13.8 Å². The minimum absolute atomic E-state index is 0.204. The van der Waals surface area contributed by atoms with Crippen LogP contribution in [0, 0.1) is 19.8 Å². The highest BCUT2D eigenvalue weighted by molar-refractivity contribution is 5.89. The number of benzene rings is 1. The molecule has 0 aromatic heterocycles. The summed E-state index contributed by atoms with van der Waals surface area (Å²) < 4.78 is 0. The Kier molecular flexibility index (Phi) is 8.50. The van der Waals surface area contributed by atoms with Gasteiger partial charge in [0.25, 0.3) is 0 Å². The number of carbonyl (C=O) groups excluding carboxylic acids is 2. The van der Waals surface area contributed by atoms with Gasteiger partial charge >= 0.3 is 0 Å². The van der Waals surface area contributed by atoms with Crippen molar-refractivity contribution in [2.24, 2.45) is 17.4 Å². The summed E-state index contributed by atoms with van der Waals surface area (Å²) in [6.45, 7) is 5.96. The van der Waals surface area contributed by atoms with E-state index >= 15 is 0 Å². The van der Waals surface area contributed by atoms with Crippen LogP contribution in [0.15, 0.2) is 12.1 Å². The highest BCUT2D eigenvalue weighted by atomic mass is 16.3. The van der Waals surface area contributed by atoms with Crippen molar-refractivity contribution in [2.75, 3.05) is 6.54 Å². The van der Waals surface area contributed by atoms with Crippen molar-refractivity contribution in [1.29, 1.82) is 0 Å². The monoisotopic (exact) mass is 403 g/mol. The lowest BCUT2D eigenvalue weighted by Crippen LogP contribution is -2.53. The van der Waals surface area contributed by atoms with Crippen molar-refractivity contribution in [3.8, 4) is 5.75 Å². The van der Waals surface area contributed by atoms with E-state index in [9.17, 15) is 14.7 Å². The van der Waals surface area contributed by atoms with Crippen LogP contribution in [0.1, 0.15) is 68.6 Å². The number of nitrogens with zero attached hydrogens (tertiary/aromatic N) is 1. The summed E-state index contributed by atoms with van der Waals surface area (Å²) in [5.41, 5.74) is 14.5. The number of aryl methyl sites for hydroxylation is 2. The lowest BCUT2D eigenvalue weighted by Gasteiger charge is -2.31. The van der Waals surface area contributed by atoms with Crippen LogP contribution in [0.3, 0.4) is 0 Å². The highest BCUT2D eigenvalue weighted by Gasteiger charge is 2.29. The fraction of sp³-hybridized carbons (Fsp3) is 0.652. The van der Waals surface area contributed by atoms with E-state index in [4.69, 9.17) is 11.5 Å². The number of amides is 2. The number of nitrogens with two attached hydrogens (primary N) is 2. The van der Waals surface area contributed by atoms with Crippen LogP contribution >= 0.6 is 0 Å². The molecule has 162 valence electrons. The lowest BCUT2D eigenvalue weighted by atomic mass is 9.86. The second kappa shape index (κ2) is 10.6. The van der Waals surface area contributed by atoms with Crippen molar-refractivity contribution >= 4 is 11.8 Å². The van der Waals surface area contributed by atoms with Gasteiger partial charge in [0.1, 0.15) is 11.8 Å². The van der Waals surface area contributed by atoms with Gasteiger partial charge in [-0.15, -0.1) is 0 Å². The molecule has 29 heavy (non-hydrogen) atoms. The first-order valence-electron chi connectivity index (χ1n) is 10.8. The first-order valence-corrected chi connectivity index (χ1v) is 10.8. The van der Waals surface area contributed by atoms with Gasteiger partial charge in [-0.25, -0.2) is 0 Å². The molecule has 2 amide bonds. The zero-order valence-electron chi connectivity index (χ0n) is 18.1. The van der Waals surface area contributed by atoms with E-state index < -0.39 is 18.0 Å². The summed E-state index contributed by atoms with van der Waals surface area (Å²) in [6.07, 6.45) is 8.73. The molecule has 6 nitrogen and oxygen atoms in total. The Morgan fingerprint density at radius 3 is 2.31 bits per heavy atom. The Labute approximate surface area is 174 Å². The van der Waals surface area contributed by atoms with E-state index in [1.165, 1.54) is 32.1 Å². The van der Waals surface area contributed by atoms with Gasteiger partial charge in [0, 0.05) is 6.54 Å². The van der Waals surface area contributed by atoms with Crippen LogP contribution in [0.5, 0.6) is 5.75 Å². The average molecular weight is 404 g/mol. The zero-order chi connectivity index (χ0) is 21.6. The molecule has 2 rings (SSSR count). The van der Waals surface area contributed by atoms with Crippen LogP contribution in [-0.2, 0) is 16.0 Å². The average Bonchev–Trinajstić information content (AvgIpc) is 2.67. The third-order valence-corrected chi connectivity index (χ3v) is 6.32. The molecule has 1 aromatic carbocycles. The van der Waals surface area contributed by atoms with Crippen molar-refractivity contribution in [1.82, 2.24) is 4.90 Å². The van der Waals surface area contributed by atoms with Crippen LogP contribution in [0.2, 0.25) is 0 Å². The lowest BCUT2D eigenvalue weighted by molar-refractivity contribution is -0.139. The predicted octanol–water partition coefficient (Wildman–Crippen LogP) is 2.94. The number of phenolic OH excluding ortho intramolecular Hbond substituents is 1. The molecule has 0 radical (unpaired) electrons. The molecule has 0 bridgehead atoms. The number of rotatable bonds is 9. The smallest absolute Gasteiger partial charge is 0.240 e. The van der Waals surface area contributed by atoms with Gasteiger partial charge in [0.15, 0.2) is 0 Å². The SMILES string of the molecule is Cc1cc(O)cc(C)c1C[C@H](N)C(=O)N(CCCC1CCCCC1)[C@H](C)C(N)=O. The van der Waals surface area contributed by atoms with Crippen molar-refractivity contribution in [2.45, 2.75) is 84.2 Å². The number of phenols is 1. The molecule has 1 aromatic rings. The number of carbonyl (C=O) groups is 2. The molecule has 1 saturated carbocycles. The van der Waals surface area contributed by atoms with Gasteiger partial charge in [0.05, 0.1) is 6.04 Å². The zero-order valence-corrected chi connectivity index (χ0v) is 18.1. The van der Waals surface area contributed by atoms with Crippen molar-refractivity contribution in [3.05, 3.63) is 28.8 Å². The van der Waals surface area contributed by atoms with Crippen LogP contribution in [0.25, 0.3) is 0 Å². The molecule has 0 saturated heterocycles. The van der Waals surface area contributed by atoms with E-state index in [0.29, 0.717) is 13.0 Å². The molecule has 0 spiro atoms. The van der Waals surface area contributed by atoms with Crippen LogP contribution < -0.4 is 11.5 Å². The third-order valence-electron chi connectivity index (χ3n) is 6.32. The fourth-order valence-electron chi connectivity index (χ4n) is 4.49. The number of hydrogen-bond donors (Lipinski definition) is 3. The number of hydrogen-bond acceptors (Lipinski definition) is 4. The topological polar surface area (TPSA) is 110 Å². The summed E-state index contributed by atoms with van der Waals surface area (Å²) in [7, 11) is 0. The summed E-state index contributed by atoms with van der Waals surface area (Å²) in [5, 5.41) is 9.73. The van der Waals surface area contributed by atoms with E-state index in [0.717, 1.165) is 35.4 Å². The molecular formula is C23H37N3O3. The fourth-order valence-corrected chi connectivity index (χ4v) is 4.49. The molecule has 0 heterocycles. The first kappa shape index (κ1) is 23.2. The molecule has 0 unspecified atom stereocenters. The molecular weight excluding hydrogens is 366 g/mol. The van der Waals surface area contributed by atoms with Gasteiger partial charge in [-0.1, -0.05) is 32.1 Å². The van der Waals surface area contributed by atoms with Crippen molar-refractivity contribution in [3.63, 3.8) is 0 Å². The standard InChI is InChI=1S/C23H37N3O3/c1-15-12-19(27)13-16(2)20(15)14-21(24)23(29)26(17(3)22(25)28)11-7-10-18-8-5-4-6-9-18/h12-13,17-18,21,27H,4-11,14,24H2,1-3H3,(H2,25,28)/t17-,21+/m1/s1. The Hall–Kier alpha value is -2.08. The van der Waals surface area contributed by atoms with Gasteiger partial charge in [-0.05, 0) is 74.8 Å². The van der Waals surface area contributed by atoms with Crippen molar-refractivity contribution < 1.29 is 14.7 Å². The molecule has 5 N–H and O–H groups in total. The molecule has 0 aliphatic heterocycles. The quantitative estimate of drug-likeness (QED) is 0.589.